The Morgan fingerprint density at radius 2 is 1.94 bits per heavy atom. The van der Waals surface area contributed by atoms with Crippen LogP contribution in [0, 0.1) is 0 Å². The fraction of sp³-hybridized carbons (Fsp3) is 0.455. The van der Waals surface area contributed by atoms with Crippen molar-refractivity contribution < 1.29 is 18.8 Å². The third-order valence-corrected chi connectivity index (χ3v) is 4.61. The number of hydrogen-bond donors (Lipinski definition) is 2. The summed E-state index contributed by atoms with van der Waals surface area (Å²) in [7, 11) is -3.03. The summed E-state index contributed by atoms with van der Waals surface area (Å²) in [5, 5.41) is 11.5. The van der Waals surface area contributed by atoms with Crippen molar-refractivity contribution >= 4 is 9.84 Å². The molecule has 1 aliphatic rings. The predicted octanol–water partition coefficient (Wildman–Crippen LogP) is -1.09. The second kappa shape index (κ2) is 4.53. The summed E-state index contributed by atoms with van der Waals surface area (Å²) < 4.78 is 22.6. The van der Waals surface area contributed by atoms with E-state index in [9.17, 15) is 13.5 Å². The van der Waals surface area contributed by atoms with Crippen molar-refractivity contribution in [2.75, 3.05) is 11.5 Å². The minimum Gasteiger partial charge on any atom is -0.386 e. The highest BCUT2D eigenvalue weighted by atomic mass is 32.2. The summed E-state index contributed by atoms with van der Waals surface area (Å²) in [6.45, 7) is 0.706. The van der Waals surface area contributed by atoms with Crippen molar-refractivity contribution in [3.05, 3.63) is 35.9 Å². The van der Waals surface area contributed by atoms with Crippen LogP contribution in [0.4, 0.5) is 0 Å². The monoisotopic (exact) mass is 242 g/mol. The molecule has 0 amide bonds. The molecule has 0 bridgehead atoms. The molecule has 0 aromatic heterocycles. The van der Waals surface area contributed by atoms with E-state index in [0.29, 0.717) is 6.54 Å². The second-order valence-electron chi connectivity index (χ2n) is 4.23. The molecule has 1 aliphatic heterocycles. The summed E-state index contributed by atoms with van der Waals surface area (Å²) in [5.41, 5.74) is 1.14. The van der Waals surface area contributed by atoms with Crippen molar-refractivity contribution in [2.24, 2.45) is 0 Å². The summed E-state index contributed by atoms with van der Waals surface area (Å²) in [6, 6.07) is 9.61. The zero-order chi connectivity index (χ0) is 11.6. The molecule has 3 N–H and O–H groups in total. The standard InChI is InChI=1S/C11H15NO3S/c13-11-8-16(14,15)7-10(11)12-6-9-4-2-1-3-5-9/h1-5,10-13H,6-8H2/p+1/t10-,11-/m1/s1. The Balaban J connectivity index is 1.92. The Labute approximate surface area is 95.2 Å². The smallest absolute Gasteiger partial charge is 0.159 e. The summed E-state index contributed by atoms with van der Waals surface area (Å²) in [5.74, 6) is -0.00996. The largest absolute Gasteiger partial charge is 0.386 e. The van der Waals surface area contributed by atoms with E-state index >= 15 is 0 Å². The van der Waals surface area contributed by atoms with Gasteiger partial charge in [-0.25, -0.2) is 8.42 Å². The lowest BCUT2D eigenvalue weighted by atomic mass is 10.2. The molecule has 1 aromatic rings. The number of hydrogen-bond acceptors (Lipinski definition) is 3. The fourth-order valence-electron chi connectivity index (χ4n) is 1.98. The first-order valence-corrected chi connectivity index (χ1v) is 7.15. The van der Waals surface area contributed by atoms with Gasteiger partial charge in [0, 0.05) is 5.56 Å². The van der Waals surface area contributed by atoms with Gasteiger partial charge in [-0.15, -0.1) is 0 Å². The van der Waals surface area contributed by atoms with Crippen LogP contribution in [-0.4, -0.2) is 37.2 Å². The van der Waals surface area contributed by atoms with Crippen molar-refractivity contribution in [1.82, 2.24) is 0 Å². The topological polar surface area (TPSA) is 71.0 Å². The van der Waals surface area contributed by atoms with Gasteiger partial charge in [-0.2, -0.15) is 0 Å². The van der Waals surface area contributed by atoms with E-state index < -0.39 is 15.9 Å². The highest BCUT2D eigenvalue weighted by molar-refractivity contribution is 7.91. The zero-order valence-electron chi connectivity index (χ0n) is 8.91. The molecule has 0 unspecified atom stereocenters. The Kier molecular flexibility index (Phi) is 3.28. The normalized spacial score (nSPS) is 28.1. The summed E-state index contributed by atoms with van der Waals surface area (Å²) in [6.07, 6.45) is -0.728. The molecule has 5 heteroatoms. The molecule has 88 valence electrons. The van der Waals surface area contributed by atoms with Crippen LogP contribution < -0.4 is 5.32 Å². The maximum Gasteiger partial charge on any atom is 0.159 e. The fourth-order valence-corrected chi connectivity index (χ4v) is 3.83. The Morgan fingerprint density at radius 3 is 2.50 bits per heavy atom. The van der Waals surface area contributed by atoms with Crippen LogP contribution in [0.2, 0.25) is 0 Å². The SMILES string of the molecule is O=S1(=O)C[C@@H](O)[C@H]([NH2+]Cc2ccccc2)C1. The Morgan fingerprint density at radius 1 is 1.25 bits per heavy atom. The molecule has 2 atom stereocenters. The van der Waals surface area contributed by atoms with E-state index in [4.69, 9.17) is 0 Å². The van der Waals surface area contributed by atoms with E-state index in [1.54, 1.807) is 0 Å². The molecule has 2 rings (SSSR count). The lowest BCUT2D eigenvalue weighted by Gasteiger charge is -2.11. The number of quaternary nitrogens is 1. The third kappa shape index (κ3) is 2.81. The van der Waals surface area contributed by atoms with Crippen LogP contribution in [0.5, 0.6) is 0 Å². The molecule has 1 heterocycles. The highest BCUT2D eigenvalue weighted by Crippen LogP contribution is 2.09. The number of rotatable bonds is 3. The lowest BCUT2D eigenvalue weighted by Crippen LogP contribution is -2.91. The molecule has 1 aromatic carbocycles. The summed E-state index contributed by atoms with van der Waals surface area (Å²) in [4.78, 5) is 0. The third-order valence-electron chi connectivity index (χ3n) is 2.86. The van der Waals surface area contributed by atoms with Gasteiger partial charge in [-0.05, 0) is 0 Å². The molecule has 0 aliphatic carbocycles. The van der Waals surface area contributed by atoms with Crippen LogP contribution in [0.1, 0.15) is 5.56 Å². The summed E-state index contributed by atoms with van der Waals surface area (Å²) >= 11 is 0. The van der Waals surface area contributed by atoms with E-state index in [1.165, 1.54) is 0 Å². The van der Waals surface area contributed by atoms with Crippen LogP contribution in [0.15, 0.2) is 30.3 Å². The van der Waals surface area contributed by atoms with Crippen molar-refractivity contribution in [1.29, 1.82) is 0 Å². The molecule has 1 fully saturated rings. The lowest BCUT2D eigenvalue weighted by molar-refractivity contribution is -0.705. The molecule has 0 spiro atoms. The Hall–Kier alpha value is -0.910. The van der Waals surface area contributed by atoms with Gasteiger partial charge in [-0.1, -0.05) is 30.3 Å². The first-order chi connectivity index (χ1) is 7.57. The van der Waals surface area contributed by atoms with E-state index in [-0.39, 0.29) is 17.5 Å². The first-order valence-electron chi connectivity index (χ1n) is 5.32. The molecular weight excluding hydrogens is 226 g/mol. The average Bonchev–Trinajstić information content (AvgIpc) is 2.50. The van der Waals surface area contributed by atoms with Crippen LogP contribution in [0.3, 0.4) is 0 Å². The minimum atomic E-state index is -3.03. The van der Waals surface area contributed by atoms with E-state index in [1.807, 2.05) is 35.6 Å². The van der Waals surface area contributed by atoms with Gasteiger partial charge < -0.3 is 10.4 Å². The average molecular weight is 242 g/mol. The van der Waals surface area contributed by atoms with Gasteiger partial charge in [0.15, 0.2) is 9.84 Å². The Bertz CT molecular complexity index is 444. The molecule has 16 heavy (non-hydrogen) atoms. The molecule has 4 nitrogen and oxygen atoms in total. The number of sulfone groups is 1. The second-order valence-corrected chi connectivity index (χ2v) is 6.39. The van der Waals surface area contributed by atoms with Crippen LogP contribution in [0.25, 0.3) is 0 Å². The number of nitrogens with two attached hydrogens (primary N) is 1. The van der Waals surface area contributed by atoms with Crippen molar-refractivity contribution in [3.8, 4) is 0 Å². The highest BCUT2D eigenvalue weighted by Gasteiger charge is 2.38. The maximum atomic E-state index is 11.3. The van der Waals surface area contributed by atoms with Crippen LogP contribution >= 0.6 is 0 Å². The van der Waals surface area contributed by atoms with Crippen molar-refractivity contribution in [2.45, 2.75) is 18.7 Å². The van der Waals surface area contributed by atoms with Crippen molar-refractivity contribution in [3.63, 3.8) is 0 Å². The molecule has 0 radical (unpaired) electrons. The molecule has 0 saturated carbocycles. The number of aliphatic hydroxyl groups excluding tert-OH is 1. The predicted molar refractivity (Wildman–Crippen MR) is 60.5 cm³/mol. The molecular formula is C11H16NO3S+. The van der Waals surface area contributed by atoms with Gasteiger partial charge >= 0.3 is 0 Å². The van der Waals surface area contributed by atoms with Gasteiger partial charge in [0.25, 0.3) is 0 Å². The van der Waals surface area contributed by atoms with Gasteiger partial charge in [0.1, 0.15) is 24.4 Å². The number of benzene rings is 1. The van der Waals surface area contributed by atoms with Gasteiger partial charge in [-0.3, -0.25) is 0 Å². The van der Waals surface area contributed by atoms with Gasteiger partial charge in [0.05, 0.1) is 5.75 Å². The maximum absolute atomic E-state index is 11.3. The zero-order valence-corrected chi connectivity index (χ0v) is 9.73. The minimum absolute atomic E-state index is 0.0843. The van der Waals surface area contributed by atoms with Gasteiger partial charge in [0.2, 0.25) is 0 Å². The van der Waals surface area contributed by atoms with Crippen LogP contribution in [-0.2, 0) is 16.4 Å². The van der Waals surface area contributed by atoms with E-state index in [2.05, 4.69) is 0 Å². The number of aliphatic hydroxyl groups is 1. The quantitative estimate of drug-likeness (QED) is 0.707. The first kappa shape index (κ1) is 11.6. The van der Waals surface area contributed by atoms with E-state index in [0.717, 1.165) is 5.56 Å². The molecule has 1 saturated heterocycles.